The van der Waals surface area contributed by atoms with Crippen LogP contribution >= 0.6 is 0 Å². The van der Waals surface area contributed by atoms with E-state index in [1.165, 1.54) is 24.0 Å². The van der Waals surface area contributed by atoms with Gasteiger partial charge in [0.25, 0.3) is 10.0 Å². The molecule has 0 atom stereocenters. The Bertz CT molecular complexity index is 1500. The monoisotopic (exact) mass is 500 g/mol. The summed E-state index contributed by atoms with van der Waals surface area (Å²) in [5.74, 6) is -0.367. The zero-order valence-electron chi connectivity index (χ0n) is 20.1. The van der Waals surface area contributed by atoms with E-state index >= 15 is 0 Å². The maximum Gasteiger partial charge on any atom is 0.267 e. The van der Waals surface area contributed by atoms with Crippen LogP contribution in [0.4, 0.5) is 11.4 Å². The van der Waals surface area contributed by atoms with Crippen LogP contribution < -0.4 is 11.1 Å². The lowest BCUT2D eigenvalue weighted by Gasteiger charge is -2.11. The van der Waals surface area contributed by atoms with Crippen LogP contribution in [0.5, 0.6) is 0 Å². The molecule has 4 aromatic rings. The Morgan fingerprint density at radius 2 is 1.72 bits per heavy atom. The van der Waals surface area contributed by atoms with E-state index in [1.54, 1.807) is 48.5 Å². The molecule has 4 rings (SSSR count). The van der Waals surface area contributed by atoms with E-state index < -0.39 is 10.0 Å². The van der Waals surface area contributed by atoms with Crippen LogP contribution in [0.25, 0.3) is 17.2 Å². The van der Waals surface area contributed by atoms with Gasteiger partial charge in [-0.15, -0.1) is 0 Å². The molecule has 0 unspecified atom stereocenters. The van der Waals surface area contributed by atoms with Gasteiger partial charge in [-0.1, -0.05) is 42.5 Å². The molecule has 1 heterocycles. The molecule has 8 heteroatoms. The van der Waals surface area contributed by atoms with Gasteiger partial charge in [-0.25, -0.2) is 12.4 Å². The summed E-state index contributed by atoms with van der Waals surface area (Å²) in [5, 5.41) is 2.70. The van der Waals surface area contributed by atoms with Gasteiger partial charge in [-0.3, -0.25) is 4.79 Å². The number of carbonyl (C=O) groups is 1. The SMILES string of the molecule is CN(C)Cc1cccc(-c2ccc(S(=O)(=O)n3ccc(C=CC(=O)Nc4ccccc4N)c3)cc2)c1. The third-order valence-electron chi connectivity index (χ3n) is 5.52. The molecule has 1 amide bonds. The Kier molecular flexibility index (Phi) is 7.38. The average molecular weight is 501 g/mol. The molecule has 36 heavy (non-hydrogen) atoms. The maximum atomic E-state index is 13.1. The van der Waals surface area contributed by atoms with Gasteiger partial charge in [0.05, 0.1) is 16.3 Å². The maximum absolute atomic E-state index is 13.1. The Morgan fingerprint density at radius 3 is 2.44 bits per heavy atom. The molecule has 0 saturated carbocycles. The van der Waals surface area contributed by atoms with Crippen molar-refractivity contribution in [3.05, 3.63) is 108 Å². The second-order valence-corrected chi connectivity index (χ2v) is 10.5. The summed E-state index contributed by atoms with van der Waals surface area (Å²) in [4.78, 5) is 14.5. The van der Waals surface area contributed by atoms with Gasteiger partial charge in [-0.2, -0.15) is 0 Å². The van der Waals surface area contributed by atoms with E-state index in [0.29, 0.717) is 16.9 Å². The summed E-state index contributed by atoms with van der Waals surface area (Å²) >= 11 is 0. The van der Waals surface area contributed by atoms with E-state index in [2.05, 4.69) is 22.3 Å². The smallest absolute Gasteiger partial charge is 0.267 e. The molecular weight excluding hydrogens is 472 g/mol. The molecular formula is C28H28N4O3S. The molecule has 0 aliphatic heterocycles. The Labute approximate surface area is 211 Å². The fraction of sp³-hybridized carbons (Fsp3) is 0.107. The predicted molar refractivity (Wildman–Crippen MR) is 145 cm³/mol. The zero-order valence-corrected chi connectivity index (χ0v) is 20.9. The van der Waals surface area contributed by atoms with Gasteiger partial charge in [0.15, 0.2) is 0 Å². The number of para-hydroxylation sites is 2. The summed E-state index contributed by atoms with van der Waals surface area (Å²) in [5.41, 5.74) is 10.5. The summed E-state index contributed by atoms with van der Waals surface area (Å²) in [6.07, 6.45) is 5.80. The number of amides is 1. The van der Waals surface area contributed by atoms with Crippen LogP contribution in [0.2, 0.25) is 0 Å². The Hall–Kier alpha value is -4.14. The van der Waals surface area contributed by atoms with Gasteiger partial charge >= 0.3 is 0 Å². The number of benzene rings is 3. The lowest BCUT2D eigenvalue weighted by Crippen LogP contribution is -2.11. The van der Waals surface area contributed by atoms with E-state index in [1.807, 2.05) is 38.4 Å². The number of hydrogen-bond acceptors (Lipinski definition) is 5. The molecule has 3 aromatic carbocycles. The van der Waals surface area contributed by atoms with Crippen molar-refractivity contribution < 1.29 is 13.2 Å². The number of nitrogens with two attached hydrogens (primary N) is 1. The quantitative estimate of drug-likeness (QED) is 0.270. The van der Waals surface area contributed by atoms with Crippen molar-refractivity contribution in [2.24, 2.45) is 0 Å². The van der Waals surface area contributed by atoms with Crippen molar-refractivity contribution >= 4 is 33.4 Å². The number of anilines is 2. The summed E-state index contributed by atoms with van der Waals surface area (Å²) in [6.45, 7) is 0.826. The highest BCUT2D eigenvalue weighted by Gasteiger charge is 2.16. The van der Waals surface area contributed by atoms with Crippen LogP contribution in [0.3, 0.4) is 0 Å². The van der Waals surface area contributed by atoms with Crippen LogP contribution in [0, 0.1) is 0 Å². The minimum Gasteiger partial charge on any atom is -0.397 e. The predicted octanol–water partition coefficient (Wildman–Crippen LogP) is 4.69. The Morgan fingerprint density at radius 1 is 0.972 bits per heavy atom. The van der Waals surface area contributed by atoms with Crippen molar-refractivity contribution in [3.8, 4) is 11.1 Å². The summed E-state index contributed by atoms with van der Waals surface area (Å²) in [7, 11) is 0.262. The summed E-state index contributed by atoms with van der Waals surface area (Å²) < 4.78 is 27.4. The lowest BCUT2D eigenvalue weighted by atomic mass is 10.0. The number of rotatable bonds is 8. The first-order chi connectivity index (χ1) is 17.2. The second-order valence-electron chi connectivity index (χ2n) is 8.65. The van der Waals surface area contributed by atoms with Gasteiger partial charge in [0.2, 0.25) is 5.91 Å². The van der Waals surface area contributed by atoms with Crippen molar-refractivity contribution in [1.29, 1.82) is 0 Å². The van der Waals surface area contributed by atoms with Gasteiger partial charge < -0.3 is 16.0 Å². The van der Waals surface area contributed by atoms with Crippen LogP contribution in [-0.4, -0.2) is 37.3 Å². The van der Waals surface area contributed by atoms with Crippen molar-refractivity contribution in [2.45, 2.75) is 11.4 Å². The second kappa shape index (κ2) is 10.6. The fourth-order valence-corrected chi connectivity index (χ4v) is 4.96. The minimum absolute atomic E-state index is 0.180. The first kappa shape index (κ1) is 25.0. The van der Waals surface area contributed by atoms with E-state index in [0.717, 1.165) is 21.6 Å². The minimum atomic E-state index is -3.77. The molecule has 0 radical (unpaired) electrons. The first-order valence-electron chi connectivity index (χ1n) is 11.3. The number of hydrogen-bond donors (Lipinski definition) is 2. The van der Waals surface area contributed by atoms with E-state index in [-0.39, 0.29) is 10.8 Å². The molecule has 0 aliphatic carbocycles. The largest absolute Gasteiger partial charge is 0.397 e. The standard InChI is InChI=1S/C28H28N4O3S/c1-31(2)19-22-6-5-7-24(18-22)23-11-13-25(14-12-23)36(34,35)32-17-16-21(20-32)10-15-28(33)30-27-9-4-3-8-26(27)29/h3-18,20H,19,29H2,1-2H3,(H,30,33). The van der Waals surface area contributed by atoms with Crippen molar-refractivity contribution in [3.63, 3.8) is 0 Å². The molecule has 0 aliphatic rings. The Balaban J connectivity index is 1.47. The van der Waals surface area contributed by atoms with Crippen LogP contribution in [-0.2, 0) is 21.4 Å². The molecule has 0 fully saturated rings. The molecule has 1 aromatic heterocycles. The third-order valence-corrected chi connectivity index (χ3v) is 7.17. The first-order valence-corrected chi connectivity index (χ1v) is 12.8. The number of nitrogens with zero attached hydrogens (tertiary/aromatic N) is 2. The van der Waals surface area contributed by atoms with E-state index in [9.17, 15) is 13.2 Å². The molecule has 3 N–H and O–H groups in total. The highest BCUT2D eigenvalue weighted by atomic mass is 32.2. The van der Waals surface area contributed by atoms with Crippen LogP contribution in [0.15, 0.2) is 102 Å². The molecule has 0 bridgehead atoms. The van der Waals surface area contributed by atoms with Crippen molar-refractivity contribution in [2.75, 3.05) is 25.1 Å². The van der Waals surface area contributed by atoms with E-state index in [4.69, 9.17) is 5.73 Å². The fourth-order valence-electron chi connectivity index (χ4n) is 3.75. The van der Waals surface area contributed by atoms with Crippen LogP contribution in [0.1, 0.15) is 11.1 Å². The normalized spacial score (nSPS) is 11.8. The number of nitrogens with one attached hydrogen (secondary N) is 1. The number of carbonyl (C=O) groups excluding carboxylic acids is 1. The molecule has 7 nitrogen and oxygen atoms in total. The molecule has 0 saturated heterocycles. The average Bonchev–Trinajstić information content (AvgIpc) is 3.34. The van der Waals surface area contributed by atoms with Crippen molar-refractivity contribution in [1.82, 2.24) is 8.87 Å². The third kappa shape index (κ3) is 5.91. The van der Waals surface area contributed by atoms with Gasteiger partial charge in [-0.05, 0) is 78.8 Å². The molecule has 0 spiro atoms. The van der Waals surface area contributed by atoms with Gasteiger partial charge in [0, 0.05) is 25.0 Å². The highest BCUT2D eigenvalue weighted by Crippen LogP contribution is 2.24. The zero-order chi connectivity index (χ0) is 25.7. The topological polar surface area (TPSA) is 97.4 Å². The molecule has 184 valence electrons. The van der Waals surface area contributed by atoms with Gasteiger partial charge in [0.1, 0.15) is 0 Å². The number of aromatic nitrogens is 1. The number of nitrogen functional groups attached to an aromatic ring is 1. The highest BCUT2D eigenvalue weighted by molar-refractivity contribution is 7.90. The summed E-state index contributed by atoms with van der Waals surface area (Å²) in [6, 6.07) is 23.6. The lowest BCUT2D eigenvalue weighted by molar-refractivity contribution is -0.111.